The maximum atomic E-state index is 13.7. The molecule has 1 amide bonds. The van der Waals surface area contributed by atoms with Crippen molar-refractivity contribution in [3.63, 3.8) is 0 Å². The molecule has 3 rings (SSSR count). The Bertz CT molecular complexity index is 1000. The largest absolute Gasteiger partial charge is 0.493 e. The van der Waals surface area contributed by atoms with Crippen molar-refractivity contribution in [1.29, 1.82) is 0 Å². The quantitative estimate of drug-likeness (QED) is 0.537. The molecule has 7 heteroatoms. The Hall–Kier alpha value is -2.51. The van der Waals surface area contributed by atoms with Gasteiger partial charge in [-0.25, -0.2) is 8.78 Å². The number of halogens is 2. The molecule has 0 aliphatic carbocycles. The Morgan fingerprint density at radius 3 is 2.44 bits per heavy atom. The van der Waals surface area contributed by atoms with Crippen molar-refractivity contribution in [3.8, 4) is 5.75 Å². The normalized spacial score (nSPS) is 19.6. The zero-order valence-corrected chi connectivity index (χ0v) is 20.8. The number of hydrogen-bond acceptors (Lipinski definition) is 4. The summed E-state index contributed by atoms with van der Waals surface area (Å²) < 4.78 is 33.3. The van der Waals surface area contributed by atoms with E-state index in [0.29, 0.717) is 18.7 Å². The van der Waals surface area contributed by atoms with Crippen molar-refractivity contribution in [1.82, 2.24) is 10.6 Å². The molecule has 0 saturated carbocycles. The van der Waals surface area contributed by atoms with Gasteiger partial charge in [-0.05, 0) is 54.5 Å². The number of ether oxygens (including phenoxy) is 1. The number of amides is 1. The van der Waals surface area contributed by atoms with Crippen molar-refractivity contribution >= 4 is 5.91 Å². The van der Waals surface area contributed by atoms with Gasteiger partial charge in [-0.3, -0.25) is 4.79 Å². The van der Waals surface area contributed by atoms with Gasteiger partial charge in [0.2, 0.25) is 5.91 Å². The highest BCUT2D eigenvalue weighted by molar-refractivity contribution is 5.73. The summed E-state index contributed by atoms with van der Waals surface area (Å²) in [5.41, 5.74) is 9.10. The third-order valence-electron chi connectivity index (χ3n) is 6.24. The summed E-state index contributed by atoms with van der Waals surface area (Å²) in [6.07, 6.45) is 1.94. The zero-order valence-electron chi connectivity index (χ0n) is 20.8. The Morgan fingerprint density at radius 1 is 1.15 bits per heavy atom. The lowest BCUT2D eigenvalue weighted by Gasteiger charge is -2.39. The molecule has 1 aliphatic heterocycles. The maximum Gasteiger partial charge on any atom is 0.217 e. The number of benzene rings is 2. The molecule has 186 valence electrons. The van der Waals surface area contributed by atoms with Crippen molar-refractivity contribution in [2.75, 3.05) is 13.2 Å². The second kappa shape index (κ2) is 10.4. The Morgan fingerprint density at radius 2 is 1.82 bits per heavy atom. The smallest absolute Gasteiger partial charge is 0.217 e. The van der Waals surface area contributed by atoms with E-state index in [4.69, 9.17) is 10.5 Å². The van der Waals surface area contributed by atoms with Crippen LogP contribution in [0.3, 0.4) is 0 Å². The van der Waals surface area contributed by atoms with E-state index in [2.05, 4.69) is 50.5 Å². The van der Waals surface area contributed by atoms with Crippen molar-refractivity contribution in [3.05, 3.63) is 64.7 Å². The lowest BCUT2D eigenvalue weighted by atomic mass is 9.82. The van der Waals surface area contributed by atoms with Crippen LogP contribution < -0.4 is 21.1 Å². The Labute approximate surface area is 201 Å². The van der Waals surface area contributed by atoms with Crippen LogP contribution in [0.1, 0.15) is 57.7 Å². The van der Waals surface area contributed by atoms with Gasteiger partial charge in [0.25, 0.3) is 0 Å². The van der Waals surface area contributed by atoms with Crippen LogP contribution in [0.25, 0.3) is 0 Å². The molecule has 0 radical (unpaired) electrons. The molecule has 0 aromatic heterocycles. The predicted octanol–water partition coefficient (Wildman–Crippen LogP) is 4.22. The fourth-order valence-corrected chi connectivity index (χ4v) is 4.58. The van der Waals surface area contributed by atoms with Gasteiger partial charge >= 0.3 is 0 Å². The highest BCUT2D eigenvalue weighted by Crippen LogP contribution is 2.38. The summed E-state index contributed by atoms with van der Waals surface area (Å²) in [7, 11) is 0. The first-order valence-corrected chi connectivity index (χ1v) is 11.8. The molecule has 5 nitrogen and oxygen atoms in total. The van der Waals surface area contributed by atoms with Gasteiger partial charge in [0.05, 0.1) is 6.61 Å². The summed E-state index contributed by atoms with van der Waals surface area (Å²) >= 11 is 0. The number of carbonyl (C=O) groups excluding carboxylic acids is 1. The summed E-state index contributed by atoms with van der Waals surface area (Å²) in [5, 5.41) is 6.45. The van der Waals surface area contributed by atoms with Gasteiger partial charge in [-0.15, -0.1) is 0 Å². The van der Waals surface area contributed by atoms with Crippen LogP contribution in [0.2, 0.25) is 0 Å². The van der Waals surface area contributed by atoms with E-state index in [1.807, 2.05) is 6.07 Å². The van der Waals surface area contributed by atoms with Gasteiger partial charge in [0.15, 0.2) is 0 Å². The van der Waals surface area contributed by atoms with E-state index in [-0.39, 0.29) is 23.3 Å². The van der Waals surface area contributed by atoms with E-state index < -0.39 is 23.7 Å². The number of hydrogen-bond donors (Lipinski definition) is 3. The minimum atomic E-state index is -0.652. The Balaban J connectivity index is 1.76. The fourth-order valence-electron chi connectivity index (χ4n) is 4.58. The second-order valence-corrected chi connectivity index (χ2v) is 10.8. The monoisotopic (exact) mass is 473 g/mol. The molecule has 34 heavy (non-hydrogen) atoms. The predicted molar refractivity (Wildman–Crippen MR) is 131 cm³/mol. The molecule has 0 fully saturated rings. The molecule has 2 aromatic rings. The van der Waals surface area contributed by atoms with Gasteiger partial charge < -0.3 is 21.1 Å². The lowest BCUT2D eigenvalue weighted by molar-refractivity contribution is -0.119. The van der Waals surface area contributed by atoms with E-state index in [0.717, 1.165) is 30.2 Å². The van der Waals surface area contributed by atoms with Gasteiger partial charge in [0.1, 0.15) is 17.4 Å². The van der Waals surface area contributed by atoms with Crippen LogP contribution in [-0.4, -0.2) is 31.1 Å². The molecule has 1 aliphatic rings. The number of fused-ring (bicyclic) bond motifs is 1. The third-order valence-corrected chi connectivity index (χ3v) is 6.24. The van der Waals surface area contributed by atoms with Gasteiger partial charge in [-0.2, -0.15) is 0 Å². The minimum Gasteiger partial charge on any atom is -0.493 e. The maximum absolute atomic E-state index is 13.7. The molecule has 1 heterocycles. The number of nitrogens with one attached hydrogen (secondary N) is 2. The van der Waals surface area contributed by atoms with Crippen LogP contribution >= 0.6 is 0 Å². The SMILES string of the molecule is CC(=O)N[C@@H](Cc1cc(F)cc(F)c1)[C@@H](N)CNC1(C)CCOc2ccc(CC(C)(C)C)cc21. The van der Waals surface area contributed by atoms with Gasteiger partial charge in [-0.1, -0.05) is 32.9 Å². The summed E-state index contributed by atoms with van der Waals surface area (Å²) in [6.45, 7) is 11.2. The third kappa shape index (κ3) is 7.00. The molecule has 0 spiro atoms. The highest BCUT2D eigenvalue weighted by Gasteiger charge is 2.34. The fraction of sp³-hybridized carbons (Fsp3) is 0.519. The molecular weight excluding hydrogens is 436 g/mol. The molecule has 0 saturated heterocycles. The van der Waals surface area contributed by atoms with Crippen LogP contribution in [-0.2, 0) is 23.2 Å². The summed E-state index contributed by atoms with van der Waals surface area (Å²) in [5.74, 6) is -0.686. The molecule has 3 atom stereocenters. The molecule has 0 bridgehead atoms. The Kier molecular flexibility index (Phi) is 7.98. The van der Waals surface area contributed by atoms with E-state index in [1.165, 1.54) is 24.6 Å². The number of rotatable bonds is 8. The van der Waals surface area contributed by atoms with Gasteiger partial charge in [0, 0.05) is 49.1 Å². The summed E-state index contributed by atoms with van der Waals surface area (Å²) in [4.78, 5) is 11.8. The van der Waals surface area contributed by atoms with Crippen molar-refractivity contribution in [2.45, 2.75) is 71.5 Å². The average Bonchev–Trinajstić information content (AvgIpc) is 2.70. The molecular formula is C27H37F2N3O2. The topological polar surface area (TPSA) is 76.4 Å². The first kappa shape index (κ1) is 26.1. The van der Waals surface area contributed by atoms with E-state index in [1.54, 1.807) is 0 Å². The van der Waals surface area contributed by atoms with E-state index >= 15 is 0 Å². The van der Waals surface area contributed by atoms with Crippen LogP contribution in [0.4, 0.5) is 8.78 Å². The molecule has 1 unspecified atom stereocenters. The zero-order chi connectivity index (χ0) is 25.1. The molecule has 4 N–H and O–H groups in total. The van der Waals surface area contributed by atoms with E-state index in [9.17, 15) is 13.6 Å². The van der Waals surface area contributed by atoms with Crippen molar-refractivity contribution in [2.24, 2.45) is 11.1 Å². The lowest BCUT2D eigenvalue weighted by Crippen LogP contribution is -2.56. The second-order valence-electron chi connectivity index (χ2n) is 10.8. The first-order valence-electron chi connectivity index (χ1n) is 11.8. The number of carbonyl (C=O) groups is 1. The average molecular weight is 474 g/mol. The molecule has 2 aromatic carbocycles. The standard InChI is InChI=1S/C27H37F2N3O2/c1-17(33)32-24(13-19-10-20(28)14-21(29)11-19)23(30)16-31-27(5)8-9-34-25-7-6-18(12-22(25)27)15-26(2,3)4/h6-7,10-12,14,23-24,31H,8-9,13,15-16,30H2,1-5H3,(H,32,33)/t23-,24-,27?/m0/s1. The minimum absolute atomic E-state index is 0.165. The first-order chi connectivity index (χ1) is 15.8. The number of nitrogens with two attached hydrogens (primary N) is 1. The highest BCUT2D eigenvalue weighted by atomic mass is 19.1. The van der Waals surface area contributed by atoms with Crippen molar-refractivity contribution < 1.29 is 18.3 Å². The van der Waals surface area contributed by atoms with Crippen LogP contribution in [0.5, 0.6) is 5.75 Å². The summed E-state index contributed by atoms with van der Waals surface area (Å²) in [6, 6.07) is 8.77. The van der Waals surface area contributed by atoms with Crippen LogP contribution in [0, 0.1) is 17.0 Å². The van der Waals surface area contributed by atoms with Crippen LogP contribution in [0.15, 0.2) is 36.4 Å².